The minimum Gasteiger partial charge on any atom is -0.495 e. The molecule has 2 amide bonds. The number of esters is 2. The van der Waals surface area contributed by atoms with Crippen molar-refractivity contribution in [2.45, 2.75) is 83.6 Å². The SMILES string of the molecule is COc1ccc(C[C@H]2NC(=O)/C=C/C[C@@H](C(C)[C@@H](O)[C@@H](Cl)c3ccccc3)OC(=O)[C@H](CC(C)C)OC(=O)C(C)(C)CNC2=O)cc1Cl. The molecule has 3 N–H and O–H groups in total. The highest BCUT2D eigenvalue weighted by atomic mass is 35.5. The van der Waals surface area contributed by atoms with Gasteiger partial charge in [0.2, 0.25) is 11.8 Å². The van der Waals surface area contributed by atoms with E-state index in [4.69, 9.17) is 37.4 Å². The Morgan fingerprint density at radius 1 is 1.04 bits per heavy atom. The third-order valence-corrected chi connectivity index (χ3v) is 9.00. The Labute approximate surface area is 292 Å². The third-order valence-electron chi connectivity index (χ3n) is 8.19. The van der Waals surface area contributed by atoms with Crippen LogP contribution in [0.2, 0.25) is 5.02 Å². The molecule has 0 bridgehead atoms. The number of carbonyl (C=O) groups is 4. The number of nitrogens with one attached hydrogen (secondary N) is 2. The number of carbonyl (C=O) groups excluding carboxylic acids is 4. The normalized spacial score (nSPS) is 23.6. The second-order valence-corrected chi connectivity index (χ2v) is 14.0. The zero-order valence-electron chi connectivity index (χ0n) is 28.2. The third kappa shape index (κ3) is 11.0. The summed E-state index contributed by atoms with van der Waals surface area (Å²) >= 11 is 13.0. The van der Waals surface area contributed by atoms with Crippen LogP contribution in [0.15, 0.2) is 60.7 Å². The van der Waals surface area contributed by atoms with Crippen LogP contribution in [0.1, 0.15) is 64.0 Å². The highest BCUT2D eigenvalue weighted by Gasteiger charge is 2.38. The van der Waals surface area contributed by atoms with Crippen molar-refractivity contribution in [3.05, 3.63) is 76.8 Å². The molecule has 0 saturated heterocycles. The average Bonchev–Trinajstić information content (AvgIpc) is 3.04. The average molecular weight is 706 g/mol. The van der Waals surface area contributed by atoms with Gasteiger partial charge in [-0.2, -0.15) is 0 Å². The predicted octanol–water partition coefficient (Wildman–Crippen LogP) is 5.33. The molecule has 0 aromatic heterocycles. The molecule has 12 heteroatoms. The highest BCUT2D eigenvalue weighted by molar-refractivity contribution is 6.32. The molecule has 0 saturated carbocycles. The number of methoxy groups -OCH3 is 1. The van der Waals surface area contributed by atoms with Gasteiger partial charge in [0.05, 0.1) is 29.0 Å². The molecule has 0 fully saturated rings. The number of benzene rings is 2. The van der Waals surface area contributed by atoms with Gasteiger partial charge < -0.3 is 30.0 Å². The molecule has 48 heavy (non-hydrogen) atoms. The highest BCUT2D eigenvalue weighted by Crippen LogP contribution is 2.32. The van der Waals surface area contributed by atoms with Crippen LogP contribution in [0.4, 0.5) is 0 Å². The summed E-state index contributed by atoms with van der Waals surface area (Å²) in [6, 6.07) is 13.0. The summed E-state index contributed by atoms with van der Waals surface area (Å²) in [6.07, 6.45) is -0.287. The molecule has 262 valence electrons. The summed E-state index contributed by atoms with van der Waals surface area (Å²) in [5.41, 5.74) is 0.104. The van der Waals surface area contributed by atoms with Gasteiger partial charge in [0.1, 0.15) is 17.9 Å². The van der Waals surface area contributed by atoms with Crippen LogP contribution in [0.5, 0.6) is 5.75 Å². The van der Waals surface area contributed by atoms with Crippen LogP contribution < -0.4 is 15.4 Å². The molecule has 1 aliphatic rings. The zero-order valence-corrected chi connectivity index (χ0v) is 29.7. The van der Waals surface area contributed by atoms with Crippen molar-refractivity contribution < 1.29 is 38.5 Å². The monoisotopic (exact) mass is 704 g/mol. The predicted molar refractivity (Wildman–Crippen MR) is 184 cm³/mol. The summed E-state index contributed by atoms with van der Waals surface area (Å²) in [7, 11) is 1.49. The molecule has 2 aromatic rings. The lowest BCUT2D eigenvalue weighted by Gasteiger charge is -2.32. The molecule has 10 nitrogen and oxygen atoms in total. The number of amides is 2. The number of hydrogen-bond donors (Lipinski definition) is 3. The molecule has 2 aromatic carbocycles. The van der Waals surface area contributed by atoms with Crippen molar-refractivity contribution in [1.29, 1.82) is 0 Å². The Morgan fingerprint density at radius 2 is 1.73 bits per heavy atom. The van der Waals surface area contributed by atoms with Gasteiger partial charge >= 0.3 is 11.9 Å². The number of cyclic esters (lactones) is 2. The van der Waals surface area contributed by atoms with E-state index in [1.165, 1.54) is 19.3 Å². The lowest BCUT2D eigenvalue weighted by atomic mass is 9.90. The number of rotatable bonds is 9. The van der Waals surface area contributed by atoms with Gasteiger partial charge in [-0.15, -0.1) is 11.6 Å². The minimum absolute atomic E-state index is 0.0224. The van der Waals surface area contributed by atoms with Crippen LogP contribution >= 0.6 is 23.2 Å². The van der Waals surface area contributed by atoms with Crippen LogP contribution in [-0.2, 0) is 35.1 Å². The quantitative estimate of drug-likeness (QED) is 0.235. The van der Waals surface area contributed by atoms with Gasteiger partial charge in [0.25, 0.3) is 0 Å². The van der Waals surface area contributed by atoms with Crippen molar-refractivity contribution in [1.82, 2.24) is 10.6 Å². The number of ether oxygens (including phenoxy) is 3. The Balaban J connectivity index is 1.96. The van der Waals surface area contributed by atoms with Crippen LogP contribution in [0.25, 0.3) is 0 Å². The lowest BCUT2D eigenvalue weighted by molar-refractivity contribution is -0.180. The van der Waals surface area contributed by atoms with Crippen molar-refractivity contribution in [2.75, 3.05) is 13.7 Å². The molecule has 1 heterocycles. The Bertz CT molecular complexity index is 1450. The minimum atomic E-state index is -1.25. The number of halogens is 2. The summed E-state index contributed by atoms with van der Waals surface area (Å²) in [5.74, 6) is -2.87. The van der Waals surface area contributed by atoms with Gasteiger partial charge in [0.15, 0.2) is 6.10 Å². The first-order chi connectivity index (χ1) is 22.6. The fourth-order valence-corrected chi connectivity index (χ4v) is 5.79. The van der Waals surface area contributed by atoms with Gasteiger partial charge in [-0.05, 0) is 55.5 Å². The van der Waals surface area contributed by atoms with E-state index in [2.05, 4.69) is 10.6 Å². The van der Waals surface area contributed by atoms with E-state index in [-0.39, 0.29) is 31.7 Å². The van der Waals surface area contributed by atoms with Crippen molar-refractivity contribution >= 4 is 47.0 Å². The Kier molecular flexibility index (Phi) is 14.3. The van der Waals surface area contributed by atoms with E-state index in [0.29, 0.717) is 21.9 Å². The molecule has 1 aliphatic heterocycles. The molecule has 1 unspecified atom stereocenters. The van der Waals surface area contributed by atoms with Crippen molar-refractivity contribution in [2.24, 2.45) is 17.3 Å². The Morgan fingerprint density at radius 3 is 2.35 bits per heavy atom. The summed E-state index contributed by atoms with van der Waals surface area (Å²) in [4.78, 5) is 53.6. The van der Waals surface area contributed by atoms with Gasteiger partial charge in [-0.1, -0.05) is 74.8 Å². The maximum atomic E-state index is 13.6. The second kappa shape index (κ2) is 17.7. The molecule has 3 rings (SSSR count). The first-order valence-electron chi connectivity index (χ1n) is 16.0. The standard InChI is InChI=1S/C36H46Cl2N2O8/c1-21(2)17-29-34(44)47-27(22(3)32(42)31(38)24-11-8-7-9-12-24)13-10-14-30(41)40-26(19-23-15-16-28(46-6)25(37)18-23)33(43)39-20-36(4,5)35(45)48-29/h7-12,14-16,18,21-22,26-27,29,31-32,42H,13,17,19-20H2,1-6H3,(H,39,43)(H,40,41)/b14-10+/t22?,26-,27+,29+,31+,32-/m1/s1. The van der Waals surface area contributed by atoms with Gasteiger partial charge in [0, 0.05) is 25.3 Å². The maximum absolute atomic E-state index is 13.6. The van der Waals surface area contributed by atoms with Gasteiger partial charge in [-0.3, -0.25) is 14.4 Å². The van der Waals surface area contributed by atoms with E-state index in [9.17, 15) is 24.3 Å². The smallest absolute Gasteiger partial charge is 0.347 e. The van der Waals surface area contributed by atoms with E-state index in [0.717, 1.165) is 0 Å². The van der Waals surface area contributed by atoms with Gasteiger partial charge in [-0.25, -0.2) is 4.79 Å². The summed E-state index contributed by atoms with van der Waals surface area (Å²) in [6.45, 7) is 8.49. The van der Waals surface area contributed by atoms with Crippen LogP contribution in [0.3, 0.4) is 0 Å². The number of alkyl halides is 1. The lowest BCUT2D eigenvalue weighted by Crippen LogP contribution is -2.51. The molecular formula is C36H46Cl2N2O8. The van der Waals surface area contributed by atoms with E-state index < -0.39 is 64.8 Å². The van der Waals surface area contributed by atoms with E-state index >= 15 is 0 Å². The topological polar surface area (TPSA) is 140 Å². The first kappa shape index (κ1) is 38.8. The van der Waals surface area contributed by atoms with Crippen molar-refractivity contribution in [3.63, 3.8) is 0 Å². The fourth-order valence-electron chi connectivity index (χ4n) is 5.14. The van der Waals surface area contributed by atoms with Crippen LogP contribution in [-0.4, -0.2) is 66.9 Å². The first-order valence-corrected chi connectivity index (χ1v) is 16.8. The maximum Gasteiger partial charge on any atom is 0.347 e. The van der Waals surface area contributed by atoms with E-state index in [1.807, 2.05) is 19.9 Å². The molecule has 6 atom stereocenters. The summed E-state index contributed by atoms with van der Waals surface area (Å²) in [5, 5.41) is 16.3. The second-order valence-electron chi connectivity index (χ2n) is 13.1. The number of aliphatic hydroxyl groups excluding tert-OH is 1. The molecule has 0 spiro atoms. The molecular weight excluding hydrogens is 659 g/mol. The summed E-state index contributed by atoms with van der Waals surface area (Å²) < 4.78 is 16.9. The molecule has 0 radical (unpaired) electrons. The number of aliphatic hydroxyl groups is 1. The largest absolute Gasteiger partial charge is 0.495 e. The Hall–Kier alpha value is -3.60. The molecule has 0 aliphatic carbocycles. The van der Waals surface area contributed by atoms with Crippen LogP contribution in [0, 0.1) is 17.3 Å². The number of hydrogen-bond acceptors (Lipinski definition) is 8. The van der Waals surface area contributed by atoms with E-state index in [1.54, 1.807) is 63.2 Å². The zero-order chi connectivity index (χ0) is 35.6. The fraction of sp³-hybridized carbons (Fsp3) is 0.500. The van der Waals surface area contributed by atoms with Crippen molar-refractivity contribution in [3.8, 4) is 5.75 Å².